The van der Waals surface area contributed by atoms with Crippen LogP contribution in [-0.4, -0.2) is 87.4 Å². The molecule has 0 aromatic carbocycles. The number of hydrogen-bond donors (Lipinski definition) is 0. The topological polar surface area (TPSA) is 74.8 Å². The predicted molar refractivity (Wildman–Crippen MR) is 121 cm³/mol. The molecule has 0 unspecified atom stereocenters. The minimum atomic E-state index is -5.71. The molecule has 0 aromatic rings. The van der Waals surface area contributed by atoms with Crippen LogP contribution in [0.15, 0.2) is 0 Å². The lowest BCUT2D eigenvalue weighted by Gasteiger charge is -2.30. The zero-order valence-corrected chi connectivity index (χ0v) is 23.7. The van der Waals surface area contributed by atoms with E-state index in [1.165, 1.54) is 0 Å². The third kappa shape index (κ3) is 12.6. The van der Waals surface area contributed by atoms with Gasteiger partial charge in [-0.15, -0.1) is 0 Å². The molecule has 0 rings (SSSR count). The maximum absolute atomic E-state index is 12.7. The van der Waals surface area contributed by atoms with Crippen molar-refractivity contribution in [3.63, 3.8) is 0 Å². The first kappa shape index (κ1) is 37.9. The first-order chi connectivity index (χ1) is 17.5. The van der Waals surface area contributed by atoms with E-state index in [4.69, 9.17) is 0 Å². The number of halogens is 12. The lowest BCUT2D eigenvalue weighted by molar-refractivity contribution is -0.204. The summed E-state index contributed by atoms with van der Waals surface area (Å²) in [5.41, 5.74) is 0. The van der Waals surface area contributed by atoms with Crippen molar-refractivity contribution in [2.45, 2.75) is 87.9 Å². The number of rotatable bonds is 11. The molecular weight excluding hydrogens is 616 g/mol. The van der Waals surface area contributed by atoms with Gasteiger partial charge in [0.05, 0.1) is 0 Å². The molecule has 0 bridgehead atoms. The maximum Gasteiger partial charge on any atom is 0.471 e. The van der Waals surface area contributed by atoms with E-state index in [0.29, 0.717) is 12.1 Å². The van der Waals surface area contributed by atoms with E-state index in [9.17, 15) is 71.9 Å². The fraction of sp³-hybridized carbons (Fsp3) is 0.800. The van der Waals surface area contributed by atoms with Crippen LogP contribution >= 0.6 is 0 Å². The monoisotopic (exact) mass is 644 g/mol. The molecule has 20 heteroatoms. The maximum atomic E-state index is 12.7. The van der Waals surface area contributed by atoms with Gasteiger partial charge >= 0.3 is 48.3 Å². The van der Waals surface area contributed by atoms with Crippen LogP contribution in [0.2, 0.25) is 50.4 Å². The summed E-state index contributed by atoms with van der Waals surface area (Å²) in [5.74, 6) is -11.8. The molecular formula is C20H28F12N2O4Si2. The van der Waals surface area contributed by atoms with Gasteiger partial charge in [-0.25, -0.2) is 0 Å². The number of nitrogens with zero attached hydrogens (tertiary/aromatic N) is 2. The van der Waals surface area contributed by atoms with Crippen molar-refractivity contribution in [2.24, 2.45) is 0 Å². The van der Waals surface area contributed by atoms with Gasteiger partial charge in [0.2, 0.25) is 0 Å². The minimum absolute atomic E-state index is 0.0954. The molecule has 0 aliphatic rings. The average molecular weight is 645 g/mol. The lowest BCUT2D eigenvalue weighted by Crippen LogP contribution is -2.50. The Balaban J connectivity index is 5.18. The van der Waals surface area contributed by atoms with Crippen LogP contribution in [0.1, 0.15) is 12.8 Å². The highest BCUT2D eigenvalue weighted by Crippen LogP contribution is 2.30. The summed E-state index contributed by atoms with van der Waals surface area (Å²) >= 11 is 0. The summed E-state index contributed by atoms with van der Waals surface area (Å²) < 4.78 is 152. The largest absolute Gasteiger partial charge is 0.471 e. The zero-order chi connectivity index (χ0) is 32.1. The fourth-order valence-corrected chi connectivity index (χ4v) is 11.7. The number of amides is 4. The van der Waals surface area contributed by atoms with Gasteiger partial charge in [0.1, 0.15) is 0 Å². The van der Waals surface area contributed by atoms with Gasteiger partial charge in [0.15, 0.2) is 0 Å². The predicted octanol–water partition coefficient (Wildman–Crippen LogP) is 6.14. The number of imide groups is 2. The van der Waals surface area contributed by atoms with Gasteiger partial charge in [-0.1, -0.05) is 50.4 Å². The number of carbonyl (C=O) groups excluding carboxylic acids is 4. The van der Waals surface area contributed by atoms with Crippen LogP contribution in [0.5, 0.6) is 0 Å². The Hall–Kier alpha value is -2.13. The summed E-state index contributed by atoms with van der Waals surface area (Å²) in [5, 5.41) is 0. The van der Waals surface area contributed by atoms with Crippen molar-refractivity contribution >= 4 is 39.8 Å². The molecule has 0 saturated carbocycles. The molecule has 234 valence electrons. The summed E-state index contributed by atoms with van der Waals surface area (Å²) in [6, 6.07) is 1.02. The average Bonchev–Trinajstić information content (AvgIpc) is 2.74. The highest BCUT2D eigenvalue weighted by atomic mass is 28.3. The second-order valence-electron chi connectivity index (χ2n) is 10.6. The smallest absolute Gasteiger partial charge is 0.267 e. The number of carbonyl (C=O) groups is 4. The summed E-state index contributed by atoms with van der Waals surface area (Å²) in [6.45, 7) is 4.64. The molecule has 0 fully saturated rings. The first-order valence-corrected chi connectivity index (χ1v) is 18.4. The van der Waals surface area contributed by atoms with Crippen LogP contribution in [-0.2, 0) is 19.2 Å². The molecule has 0 aliphatic carbocycles. The number of hydrogen-bond acceptors (Lipinski definition) is 4. The Kier molecular flexibility index (Phi) is 12.5. The summed E-state index contributed by atoms with van der Waals surface area (Å²) in [4.78, 5) is 43.5. The molecule has 0 heterocycles. The molecule has 0 N–H and O–H groups in total. The Morgan fingerprint density at radius 1 is 0.450 bits per heavy atom. The van der Waals surface area contributed by atoms with E-state index >= 15 is 0 Å². The van der Waals surface area contributed by atoms with E-state index < -0.39 is 87.4 Å². The number of alkyl halides is 12. The molecule has 0 radical (unpaired) electrons. The highest BCUT2D eigenvalue weighted by molar-refractivity contribution is 6.82. The minimum Gasteiger partial charge on any atom is -0.267 e. The summed E-state index contributed by atoms with van der Waals surface area (Å²) in [6.07, 6.45) is -23.6. The molecule has 6 nitrogen and oxygen atoms in total. The third-order valence-electron chi connectivity index (χ3n) is 5.90. The molecule has 40 heavy (non-hydrogen) atoms. The Bertz CT molecular complexity index is 802. The van der Waals surface area contributed by atoms with E-state index in [1.54, 1.807) is 26.2 Å². The Morgan fingerprint density at radius 3 is 0.825 bits per heavy atom. The van der Waals surface area contributed by atoms with E-state index in [-0.39, 0.29) is 24.9 Å². The van der Waals surface area contributed by atoms with Crippen molar-refractivity contribution < 1.29 is 71.9 Å². The third-order valence-corrected chi connectivity index (χ3v) is 13.0. The van der Waals surface area contributed by atoms with E-state index in [0.717, 1.165) is 0 Å². The Morgan fingerprint density at radius 2 is 0.650 bits per heavy atom. The quantitative estimate of drug-likeness (QED) is 0.200. The van der Waals surface area contributed by atoms with Gasteiger partial charge in [-0.2, -0.15) is 52.7 Å². The van der Waals surface area contributed by atoms with Crippen molar-refractivity contribution in [3.05, 3.63) is 0 Å². The zero-order valence-electron chi connectivity index (χ0n) is 21.7. The van der Waals surface area contributed by atoms with Crippen LogP contribution in [0, 0.1) is 0 Å². The van der Waals surface area contributed by atoms with Crippen LogP contribution in [0.3, 0.4) is 0 Å². The SMILES string of the molecule is C[Si](C)(CCCN(C(=O)C(F)(F)F)C(=O)C(F)(F)F)CC[Si](C)(C)CCCN(C(=O)C(F)(F)F)C(=O)C(F)(F)F. The standard InChI is InChI=1S/C20H28F12N2O4Si2/c1-39(2,9-5-7-33(13(35)17(21,22)23)14(36)18(24,25)26)11-12-40(3,4)10-6-8-34(15(37)19(27,28)29)16(38)20(30,31)32/h5-12H2,1-4H3. The van der Waals surface area contributed by atoms with Crippen molar-refractivity contribution in [2.75, 3.05) is 13.1 Å². The molecule has 0 aromatic heterocycles. The van der Waals surface area contributed by atoms with Gasteiger partial charge in [0, 0.05) is 29.2 Å². The summed E-state index contributed by atoms with van der Waals surface area (Å²) in [7, 11) is -4.76. The van der Waals surface area contributed by atoms with E-state index in [1.807, 2.05) is 0 Å². The second kappa shape index (κ2) is 13.2. The van der Waals surface area contributed by atoms with E-state index in [2.05, 4.69) is 0 Å². The van der Waals surface area contributed by atoms with Crippen molar-refractivity contribution in [1.82, 2.24) is 9.80 Å². The van der Waals surface area contributed by atoms with Crippen molar-refractivity contribution in [3.8, 4) is 0 Å². The van der Waals surface area contributed by atoms with Gasteiger partial charge in [-0.05, 0) is 12.8 Å². The molecule has 0 saturated heterocycles. The molecule has 0 spiro atoms. The van der Waals surface area contributed by atoms with Crippen molar-refractivity contribution in [1.29, 1.82) is 0 Å². The molecule has 0 atom stereocenters. The lowest BCUT2D eigenvalue weighted by atomic mass is 10.3. The molecule has 0 aliphatic heterocycles. The van der Waals surface area contributed by atoms with Crippen LogP contribution in [0.25, 0.3) is 0 Å². The Labute approximate surface area is 223 Å². The second-order valence-corrected chi connectivity index (χ2v) is 21.2. The normalized spacial score (nSPS) is 13.7. The van der Waals surface area contributed by atoms with Gasteiger partial charge in [0.25, 0.3) is 0 Å². The molecule has 4 amide bonds. The van der Waals surface area contributed by atoms with Crippen LogP contribution in [0.4, 0.5) is 52.7 Å². The van der Waals surface area contributed by atoms with Gasteiger partial charge in [-0.3, -0.25) is 29.0 Å². The first-order valence-electron chi connectivity index (χ1n) is 11.5. The van der Waals surface area contributed by atoms with Gasteiger partial charge < -0.3 is 0 Å². The van der Waals surface area contributed by atoms with Crippen LogP contribution < -0.4 is 0 Å². The fourth-order valence-electron chi connectivity index (χ4n) is 3.56. The highest BCUT2D eigenvalue weighted by Gasteiger charge is 2.53.